The zero-order valence-corrected chi connectivity index (χ0v) is 10.6. The van der Waals surface area contributed by atoms with Gasteiger partial charge in [-0.05, 0) is 32.9 Å². The molecule has 0 heterocycles. The van der Waals surface area contributed by atoms with Gasteiger partial charge in [-0.1, -0.05) is 6.07 Å². The topological polar surface area (TPSA) is 85.3 Å². The molecule has 0 aliphatic rings. The highest BCUT2D eigenvalue weighted by molar-refractivity contribution is 5.96. The van der Waals surface area contributed by atoms with E-state index in [1.165, 1.54) is 0 Å². The monoisotopic (exact) mass is 248 g/mol. The van der Waals surface area contributed by atoms with Crippen molar-refractivity contribution in [2.45, 2.75) is 33.0 Å². The van der Waals surface area contributed by atoms with Gasteiger partial charge >= 0.3 is 5.97 Å². The van der Waals surface area contributed by atoms with Crippen molar-refractivity contribution in [2.24, 2.45) is 0 Å². The Balaban J connectivity index is 2.99. The van der Waals surface area contributed by atoms with E-state index in [0.717, 1.165) is 0 Å². The van der Waals surface area contributed by atoms with E-state index in [9.17, 15) is 4.79 Å². The number of carbonyl (C=O) groups is 1. The zero-order valence-electron chi connectivity index (χ0n) is 10.6. The van der Waals surface area contributed by atoms with Gasteiger partial charge in [-0.3, -0.25) is 0 Å². The van der Waals surface area contributed by atoms with Crippen LogP contribution in [0, 0.1) is 11.3 Å². The summed E-state index contributed by atoms with van der Waals surface area (Å²) >= 11 is 0. The predicted molar refractivity (Wildman–Crippen MR) is 67.1 cm³/mol. The highest BCUT2D eigenvalue weighted by Gasteiger charge is 2.16. The van der Waals surface area contributed by atoms with Crippen LogP contribution in [0.4, 0.5) is 5.69 Å². The summed E-state index contributed by atoms with van der Waals surface area (Å²) in [5, 5.41) is 8.68. The Morgan fingerprint density at radius 2 is 2.06 bits per heavy atom. The van der Waals surface area contributed by atoms with Crippen LogP contribution in [0.2, 0.25) is 0 Å². The van der Waals surface area contributed by atoms with Gasteiger partial charge in [-0.15, -0.1) is 0 Å². The molecule has 1 aromatic carbocycles. The molecule has 18 heavy (non-hydrogen) atoms. The molecular formula is C13H16N2O3. The van der Waals surface area contributed by atoms with Crippen molar-refractivity contribution in [3.05, 3.63) is 23.8 Å². The van der Waals surface area contributed by atoms with E-state index >= 15 is 0 Å². The normalized spacial score (nSPS) is 11.7. The highest BCUT2D eigenvalue weighted by atomic mass is 16.5. The summed E-state index contributed by atoms with van der Waals surface area (Å²) in [4.78, 5) is 11.8. The molecular weight excluding hydrogens is 232 g/mol. The number of ether oxygens (including phenoxy) is 2. The average Bonchev–Trinajstić information content (AvgIpc) is 2.30. The lowest BCUT2D eigenvalue weighted by atomic mass is 10.1. The number of benzene rings is 1. The van der Waals surface area contributed by atoms with Crippen molar-refractivity contribution in [1.82, 2.24) is 0 Å². The maximum atomic E-state index is 11.8. The maximum absolute atomic E-state index is 11.8. The summed E-state index contributed by atoms with van der Waals surface area (Å²) in [5.41, 5.74) is 6.26. The largest absolute Gasteiger partial charge is 0.474 e. The Kier molecular flexibility index (Phi) is 4.55. The van der Waals surface area contributed by atoms with E-state index in [1.807, 2.05) is 6.07 Å². The molecule has 0 bridgehead atoms. The molecule has 0 saturated carbocycles. The number of nitrogens with zero attached hydrogens (tertiary/aromatic N) is 1. The third kappa shape index (κ3) is 3.39. The number of para-hydroxylation sites is 1. The van der Waals surface area contributed by atoms with Crippen LogP contribution < -0.4 is 10.5 Å². The Morgan fingerprint density at radius 1 is 1.39 bits per heavy atom. The minimum Gasteiger partial charge on any atom is -0.474 e. The summed E-state index contributed by atoms with van der Waals surface area (Å²) in [7, 11) is 0. The summed E-state index contributed by atoms with van der Waals surface area (Å²) in [6, 6.07) is 6.73. The molecule has 0 aromatic heterocycles. The first kappa shape index (κ1) is 13.8. The van der Waals surface area contributed by atoms with E-state index in [1.54, 1.807) is 39.0 Å². The van der Waals surface area contributed by atoms with Crippen LogP contribution >= 0.6 is 0 Å². The number of carbonyl (C=O) groups excluding carboxylic acids is 1. The van der Waals surface area contributed by atoms with Gasteiger partial charge in [-0.25, -0.2) is 4.79 Å². The average molecular weight is 248 g/mol. The number of rotatable bonds is 4. The Bertz CT molecular complexity index is 478. The van der Waals surface area contributed by atoms with Crippen LogP contribution in [0.25, 0.3) is 0 Å². The molecule has 2 N–H and O–H groups in total. The molecule has 1 aromatic rings. The number of nitriles is 1. The second-order valence-electron chi connectivity index (χ2n) is 4.06. The zero-order chi connectivity index (χ0) is 13.7. The number of nitrogen functional groups attached to an aromatic ring is 1. The molecule has 0 saturated heterocycles. The number of esters is 1. The van der Waals surface area contributed by atoms with Crippen LogP contribution in [0.15, 0.2) is 18.2 Å². The minimum absolute atomic E-state index is 0.185. The van der Waals surface area contributed by atoms with Crippen LogP contribution in [-0.2, 0) is 4.74 Å². The van der Waals surface area contributed by atoms with Crippen molar-refractivity contribution in [1.29, 1.82) is 5.26 Å². The van der Waals surface area contributed by atoms with Crippen LogP contribution in [0.5, 0.6) is 5.75 Å². The van der Waals surface area contributed by atoms with Gasteiger partial charge in [0.25, 0.3) is 0 Å². The summed E-state index contributed by atoms with van der Waals surface area (Å²) < 4.78 is 10.4. The van der Waals surface area contributed by atoms with Gasteiger partial charge in [0.15, 0.2) is 6.10 Å². The second kappa shape index (κ2) is 5.92. The molecule has 0 aliphatic carbocycles. The fourth-order valence-corrected chi connectivity index (χ4v) is 1.32. The molecule has 5 nitrogen and oxygen atoms in total. The lowest BCUT2D eigenvalue weighted by Gasteiger charge is -2.14. The van der Waals surface area contributed by atoms with Gasteiger partial charge in [-0.2, -0.15) is 5.26 Å². The first-order valence-electron chi connectivity index (χ1n) is 5.61. The van der Waals surface area contributed by atoms with Gasteiger partial charge in [0, 0.05) is 0 Å². The first-order chi connectivity index (χ1) is 8.45. The second-order valence-corrected chi connectivity index (χ2v) is 4.06. The van der Waals surface area contributed by atoms with Crippen molar-refractivity contribution in [2.75, 3.05) is 5.73 Å². The Labute approximate surface area is 106 Å². The van der Waals surface area contributed by atoms with Gasteiger partial charge in [0.2, 0.25) is 0 Å². The molecule has 0 amide bonds. The molecule has 1 unspecified atom stereocenters. The molecule has 96 valence electrons. The fourth-order valence-electron chi connectivity index (χ4n) is 1.32. The van der Waals surface area contributed by atoms with E-state index in [4.69, 9.17) is 20.5 Å². The van der Waals surface area contributed by atoms with Crippen LogP contribution in [-0.4, -0.2) is 18.2 Å². The molecule has 5 heteroatoms. The SMILES string of the molecule is CC(C)OC(=O)c1cccc(OC(C)C#N)c1N. The van der Waals surface area contributed by atoms with E-state index in [-0.39, 0.29) is 17.4 Å². The first-order valence-corrected chi connectivity index (χ1v) is 5.61. The Hall–Kier alpha value is -2.22. The van der Waals surface area contributed by atoms with E-state index in [2.05, 4.69) is 0 Å². The summed E-state index contributed by atoms with van der Waals surface area (Å²) in [6.07, 6.45) is -0.858. The van der Waals surface area contributed by atoms with Gasteiger partial charge in [0.1, 0.15) is 11.8 Å². The van der Waals surface area contributed by atoms with Gasteiger partial charge < -0.3 is 15.2 Å². The van der Waals surface area contributed by atoms with Gasteiger partial charge in [0.05, 0.1) is 17.4 Å². The van der Waals surface area contributed by atoms with Crippen molar-refractivity contribution >= 4 is 11.7 Å². The quantitative estimate of drug-likeness (QED) is 0.651. The lowest BCUT2D eigenvalue weighted by Crippen LogP contribution is -2.15. The number of hydrogen-bond donors (Lipinski definition) is 1. The third-order valence-corrected chi connectivity index (χ3v) is 2.11. The smallest absolute Gasteiger partial charge is 0.340 e. The van der Waals surface area contributed by atoms with Crippen LogP contribution in [0.1, 0.15) is 31.1 Å². The molecule has 1 rings (SSSR count). The molecule has 0 aliphatic heterocycles. The maximum Gasteiger partial charge on any atom is 0.340 e. The highest BCUT2D eigenvalue weighted by Crippen LogP contribution is 2.26. The molecule has 0 fully saturated rings. The third-order valence-electron chi connectivity index (χ3n) is 2.11. The van der Waals surface area contributed by atoms with Crippen molar-refractivity contribution in [3.8, 4) is 11.8 Å². The van der Waals surface area contributed by atoms with Crippen molar-refractivity contribution in [3.63, 3.8) is 0 Å². The molecule has 1 atom stereocenters. The van der Waals surface area contributed by atoms with Crippen LogP contribution in [0.3, 0.4) is 0 Å². The predicted octanol–water partition coefficient (Wildman–Crippen LogP) is 2.12. The fraction of sp³-hybridized carbons (Fsp3) is 0.385. The van der Waals surface area contributed by atoms with Crippen molar-refractivity contribution < 1.29 is 14.3 Å². The summed E-state index contributed by atoms with van der Waals surface area (Å²) in [5.74, 6) is -0.195. The van der Waals surface area contributed by atoms with E-state index in [0.29, 0.717) is 5.75 Å². The molecule has 0 spiro atoms. The molecule has 0 radical (unpaired) electrons. The summed E-state index contributed by atoms with van der Waals surface area (Å²) in [6.45, 7) is 5.11. The Morgan fingerprint density at radius 3 is 2.61 bits per heavy atom. The standard InChI is InChI=1S/C13H16N2O3/c1-8(2)17-13(16)10-5-4-6-11(12(10)15)18-9(3)7-14/h4-6,8-9H,15H2,1-3H3. The number of nitrogens with two attached hydrogens (primary N) is 1. The van der Waals surface area contributed by atoms with E-state index < -0.39 is 12.1 Å². The minimum atomic E-state index is -0.635. The lowest BCUT2D eigenvalue weighted by molar-refractivity contribution is 0.0378. The number of hydrogen-bond acceptors (Lipinski definition) is 5. The number of anilines is 1.